The lowest BCUT2D eigenvalue weighted by atomic mass is 10.1. The fourth-order valence-electron chi connectivity index (χ4n) is 3.07. The number of halogens is 1. The summed E-state index contributed by atoms with van der Waals surface area (Å²) >= 11 is 7.70. The number of rotatable bonds is 7. The van der Waals surface area contributed by atoms with Crippen molar-refractivity contribution in [2.45, 2.75) is 37.5 Å². The van der Waals surface area contributed by atoms with E-state index in [-0.39, 0.29) is 28.1 Å². The molecular weight excluding hydrogens is 418 g/mol. The van der Waals surface area contributed by atoms with Gasteiger partial charge in [-0.1, -0.05) is 60.6 Å². The SMILES string of the molecule is CCCSc1ncc(Cl)c(C(=O)N(Cc2ccccc2)[C@@H]2CCS(=O)(=O)C2)n1. The number of thioether (sulfide) groups is 1. The van der Waals surface area contributed by atoms with E-state index in [1.165, 1.54) is 18.0 Å². The molecule has 1 amide bonds. The van der Waals surface area contributed by atoms with Crippen LogP contribution in [0.25, 0.3) is 0 Å². The molecule has 0 aliphatic carbocycles. The Morgan fingerprint density at radius 2 is 2.07 bits per heavy atom. The lowest BCUT2D eigenvalue weighted by molar-refractivity contribution is 0.0674. The maximum atomic E-state index is 13.3. The summed E-state index contributed by atoms with van der Waals surface area (Å²) in [6.07, 6.45) is 2.81. The van der Waals surface area contributed by atoms with Crippen LogP contribution in [0.15, 0.2) is 41.7 Å². The van der Waals surface area contributed by atoms with E-state index in [1.54, 1.807) is 4.90 Å². The number of hydrogen-bond acceptors (Lipinski definition) is 6. The molecule has 1 aromatic carbocycles. The van der Waals surface area contributed by atoms with Gasteiger partial charge in [-0.2, -0.15) is 0 Å². The molecule has 1 atom stereocenters. The molecule has 0 unspecified atom stereocenters. The first-order valence-corrected chi connectivity index (χ1v) is 12.3. The Bertz CT molecular complexity index is 939. The zero-order valence-corrected chi connectivity index (χ0v) is 17.9. The van der Waals surface area contributed by atoms with Crippen molar-refractivity contribution in [2.24, 2.45) is 0 Å². The lowest BCUT2D eigenvalue weighted by Gasteiger charge is -2.28. The topological polar surface area (TPSA) is 80.2 Å². The molecule has 150 valence electrons. The molecule has 1 saturated heterocycles. The first-order valence-electron chi connectivity index (χ1n) is 9.10. The lowest BCUT2D eigenvalue weighted by Crippen LogP contribution is -2.41. The number of sulfone groups is 1. The van der Waals surface area contributed by atoms with E-state index in [1.807, 2.05) is 30.3 Å². The number of carbonyl (C=O) groups excluding carboxylic acids is 1. The van der Waals surface area contributed by atoms with Gasteiger partial charge in [0.1, 0.15) is 0 Å². The summed E-state index contributed by atoms with van der Waals surface area (Å²) in [6.45, 7) is 2.36. The number of aromatic nitrogens is 2. The minimum absolute atomic E-state index is 0.0360. The van der Waals surface area contributed by atoms with Crippen LogP contribution in [0.2, 0.25) is 5.02 Å². The number of carbonyl (C=O) groups is 1. The Balaban J connectivity index is 1.92. The molecule has 0 bridgehead atoms. The summed E-state index contributed by atoms with van der Waals surface area (Å²) < 4.78 is 24.0. The molecule has 0 N–H and O–H groups in total. The van der Waals surface area contributed by atoms with Gasteiger partial charge in [0.05, 0.1) is 22.7 Å². The molecule has 3 rings (SSSR count). The Labute approximate surface area is 174 Å². The van der Waals surface area contributed by atoms with Gasteiger partial charge in [0.2, 0.25) is 0 Å². The average Bonchev–Trinajstić information content (AvgIpc) is 3.05. The quantitative estimate of drug-likeness (QED) is 0.485. The molecule has 28 heavy (non-hydrogen) atoms. The highest BCUT2D eigenvalue weighted by atomic mass is 35.5. The Hall–Kier alpha value is -1.64. The third-order valence-electron chi connectivity index (χ3n) is 4.47. The molecule has 0 spiro atoms. The Kier molecular flexibility index (Phi) is 6.95. The Morgan fingerprint density at radius 1 is 1.32 bits per heavy atom. The van der Waals surface area contributed by atoms with Crippen molar-refractivity contribution in [3.05, 3.63) is 52.8 Å². The second-order valence-electron chi connectivity index (χ2n) is 6.67. The van der Waals surface area contributed by atoms with Crippen LogP contribution in [0.1, 0.15) is 35.8 Å². The summed E-state index contributed by atoms with van der Waals surface area (Å²) in [7, 11) is -3.14. The van der Waals surface area contributed by atoms with Gasteiger partial charge in [-0.05, 0) is 18.4 Å². The average molecular weight is 440 g/mol. The first-order chi connectivity index (χ1) is 13.4. The second kappa shape index (κ2) is 9.24. The van der Waals surface area contributed by atoms with E-state index in [4.69, 9.17) is 11.6 Å². The normalized spacial score (nSPS) is 18.1. The van der Waals surface area contributed by atoms with E-state index in [9.17, 15) is 13.2 Å². The largest absolute Gasteiger partial charge is 0.329 e. The molecular formula is C19H22ClN3O3S2. The summed E-state index contributed by atoms with van der Waals surface area (Å²) in [5.41, 5.74) is 1.04. The van der Waals surface area contributed by atoms with E-state index < -0.39 is 15.9 Å². The summed E-state index contributed by atoms with van der Waals surface area (Å²) in [4.78, 5) is 23.5. The van der Waals surface area contributed by atoms with Gasteiger partial charge in [-0.3, -0.25) is 4.79 Å². The van der Waals surface area contributed by atoms with Gasteiger partial charge in [0.25, 0.3) is 5.91 Å². The first kappa shape index (κ1) is 21.1. The molecule has 1 fully saturated rings. The second-order valence-corrected chi connectivity index (χ2v) is 10.4. The molecule has 1 aliphatic heterocycles. The van der Waals surface area contributed by atoms with Crippen molar-refractivity contribution in [1.29, 1.82) is 0 Å². The molecule has 6 nitrogen and oxygen atoms in total. The van der Waals surface area contributed by atoms with Crippen molar-refractivity contribution in [3.63, 3.8) is 0 Å². The summed E-state index contributed by atoms with van der Waals surface area (Å²) in [5, 5.41) is 0.665. The van der Waals surface area contributed by atoms with Crippen molar-refractivity contribution in [1.82, 2.24) is 14.9 Å². The molecule has 9 heteroatoms. The van der Waals surface area contributed by atoms with E-state index in [2.05, 4.69) is 16.9 Å². The van der Waals surface area contributed by atoms with Gasteiger partial charge in [0, 0.05) is 18.3 Å². The van der Waals surface area contributed by atoms with Crippen molar-refractivity contribution >= 4 is 39.1 Å². The van der Waals surface area contributed by atoms with Crippen LogP contribution < -0.4 is 0 Å². The van der Waals surface area contributed by atoms with Gasteiger partial charge >= 0.3 is 0 Å². The third-order valence-corrected chi connectivity index (χ3v) is 7.56. The zero-order chi connectivity index (χ0) is 20.1. The highest BCUT2D eigenvalue weighted by Gasteiger charge is 2.36. The molecule has 0 radical (unpaired) electrons. The van der Waals surface area contributed by atoms with Crippen LogP contribution in [0.5, 0.6) is 0 Å². The van der Waals surface area contributed by atoms with E-state index >= 15 is 0 Å². The highest BCUT2D eigenvalue weighted by Crippen LogP contribution is 2.25. The minimum atomic E-state index is -3.14. The van der Waals surface area contributed by atoms with Crippen molar-refractivity contribution in [3.8, 4) is 0 Å². The van der Waals surface area contributed by atoms with Crippen molar-refractivity contribution < 1.29 is 13.2 Å². The maximum Gasteiger partial charge on any atom is 0.274 e. The summed E-state index contributed by atoms with van der Waals surface area (Å²) in [5.74, 6) is 0.526. The smallest absolute Gasteiger partial charge is 0.274 e. The highest BCUT2D eigenvalue weighted by molar-refractivity contribution is 7.99. The van der Waals surface area contributed by atoms with Gasteiger partial charge in [-0.15, -0.1) is 0 Å². The maximum absolute atomic E-state index is 13.3. The Morgan fingerprint density at radius 3 is 2.71 bits per heavy atom. The number of benzene rings is 1. The fraction of sp³-hybridized carbons (Fsp3) is 0.421. The standard InChI is InChI=1S/C19H22ClN3O3S2/c1-2-9-27-19-21-11-16(20)17(22-19)18(24)23(12-14-6-4-3-5-7-14)15-8-10-28(25,26)13-15/h3-7,11,15H,2,8-10,12-13H2,1H3/t15-/m1/s1. The molecule has 1 aliphatic rings. The number of amides is 1. The predicted molar refractivity (Wildman–Crippen MR) is 111 cm³/mol. The van der Waals surface area contributed by atoms with Gasteiger partial charge in [0.15, 0.2) is 20.7 Å². The predicted octanol–water partition coefficient (Wildman–Crippen LogP) is 3.46. The summed E-state index contributed by atoms with van der Waals surface area (Å²) in [6, 6.07) is 9.10. The van der Waals surface area contributed by atoms with Crippen LogP contribution in [0.3, 0.4) is 0 Å². The third kappa shape index (κ3) is 5.24. The van der Waals surface area contributed by atoms with Gasteiger partial charge in [-0.25, -0.2) is 18.4 Å². The van der Waals surface area contributed by atoms with Crippen LogP contribution in [-0.4, -0.2) is 52.5 Å². The van der Waals surface area contributed by atoms with Crippen LogP contribution >= 0.6 is 23.4 Å². The van der Waals surface area contributed by atoms with Crippen LogP contribution in [0.4, 0.5) is 0 Å². The van der Waals surface area contributed by atoms with Crippen LogP contribution in [0, 0.1) is 0 Å². The van der Waals surface area contributed by atoms with Crippen molar-refractivity contribution in [2.75, 3.05) is 17.3 Å². The molecule has 1 aromatic heterocycles. The van der Waals surface area contributed by atoms with E-state index in [0.29, 0.717) is 18.1 Å². The van der Waals surface area contributed by atoms with Gasteiger partial charge < -0.3 is 4.90 Å². The monoisotopic (exact) mass is 439 g/mol. The number of hydrogen-bond donors (Lipinski definition) is 0. The number of nitrogens with zero attached hydrogens (tertiary/aromatic N) is 3. The molecule has 2 heterocycles. The molecule has 2 aromatic rings. The molecule has 0 saturated carbocycles. The zero-order valence-electron chi connectivity index (χ0n) is 15.5. The fourth-order valence-corrected chi connectivity index (χ4v) is 5.64. The van der Waals surface area contributed by atoms with E-state index in [0.717, 1.165) is 17.7 Å². The van der Waals surface area contributed by atoms with Crippen LogP contribution in [-0.2, 0) is 16.4 Å². The minimum Gasteiger partial charge on any atom is -0.329 e.